The third-order valence-electron chi connectivity index (χ3n) is 12.6. The van der Waals surface area contributed by atoms with Gasteiger partial charge in [-0.25, -0.2) is 0 Å². The molecule has 0 rings (SSSR count). The van der Waals surface area contributed by atoms with Crippen molar-refractivity contribution in [1.29, 1.82) is 0 Å². The number of esters is 1. The van der Waals surface area contributed by atoms with Crippen LogP contribution in [0.15, 0.2) is 97.2 Å². The van der Waals surface area contributed by atoms with E-state index in [4.69, 9.17) is 4.74 Å². The number of carbonyl (C=O) groups is 2. The number of unbranched alkanes of at least 4 members (excludes halogenated alkanes) is 28. The Bertz CT molecular complexity index is 1340. The first-order valence-electron chi connectivity index (χ1n) is 28.6. The molecule has 0 aromatic heterocycles. The Morgan fingerprint density at radius 3 is 1.25 bits per heavy atom. The second-order valence-electron chi connectivity index (χ2n) is 19.1. The van der Waals surface area contributed by atoms with E-state index < -0.39 is 18.2 Å². The molecule has 0 aromatic carbocycles. The van der Waals surface area contributed by atoms with E-state index in [-0.39, 0.29) is 24.9 Å². The van der Waals surface area contributed by atoms with Crippen molar-refractivity contribution in [3.8, 4) is 0 Å². The van der Waals surface area contributed by atoms with Gasteiger partial charge in [0.2, 0.25) is 5.91 Å². The summed E-state index contributed by atoms with van der Waals surface area (Å²) in [6.45, 7) is 6.32. The fraction of sp³-hybridized carbons (Fsp3) is 0.710. The van der Waals surface area contributed by atoms with Crippen molar-refractivity contribution in [2.75, 3.05) is 6.61 Å². The van der Waals surface area contributed by atoms with Gasteiger partial charge < -0.3 is 20.3 Å². The summed E-state index contributed by atoms with van der Waals surface area (Å²) in [5.41, 5.74) is 0. The monoisotopic (exact) mass is 946 g/mol. The van der Waals surface area contributed by atoms with E-state index in [2.05, 4.69) is 62.5 Å². The van der Waals surface area contributed by atoms with Crippen LogP contribution < -0.4 is 5.32 Å². The molecule has 0 aliphatic carbocycles. The maximum absolute atomic E-state index is 13.3. The summed E-state index contributed by atoms with van der Waals surface area (Å²) < 4.78 is 5.91. The van der Waals surface area contributed by atoms with Crippen LogP contribution in [0.25, 0.3) is 0 Å². The first kappa shape index (κ1) is 64.8. The lowest BCUT2D eigenvalue weighted by Crippen LogP contribution is -2.46. The van der Waals surface area contributed by atoms with Crippen LogP contribution in [0.1, 0.15) is 258 Å². The number of aliphatic hydroxyl groups excluding tert-OH is 2. The molecule has 0 saturated carbocycles. The van der Waals surface area contributed by atoms with Crippen LogP contribution in [0.4, 0.5) is 0 Å². The zero-order valence-electron chi connectivity index (χ0n) is 44.5. The van der Waals surface area contributed by atoms with E-state index in [0.717, 1.165) is 77.0 Å². The molecule has 3 N–H and O–H groups in total. The minimum absolute atomic E-state index is 0.0157. The van der Waals surface area contributed by atoms with Crippen LogP contribution in [0.3, 0.4) is 0 Å². The van der Waals surface area contributed by atoms with Gasteiger partial charge in [0, 0.05) is 6.42 Å². The Balaban J connectivity index is 4.69. The SMILES string of the molecule is CC\C=C/C=C/C=C/C=C\C=C\C=C\CCCC(CC(=O)NC(CO)C(O)CCCCCCCCCCCCCCCCCC)OC(=O)CCCCCCC/C=C/C=C/CCCCCCCCC. The summed E-state index contributed by atoms with van der Waals surface area (Å²) in [5.74, 6) is -0.568. The molecule has 0 aromatic rings. The molecule has 3 atom stereocenters. The Labute approximate surface area is 420 Å². The van der Waals surface area contributed by atoms with E-state index in [1.807, 2.05) is 60.8 Å². The van der Waals surface area contributed by atoms with Crippen molar-refractivity contribution >= 4 is 11.9 Å². The van der Waals surface area contributed by atoms with E-state index in [0.29, 0.717) is 19.3 Å². The predicted molar refractivity (Wildman–Crippen MR) is 296 cm³/mol. The highest BCUT2D eigenvalue weighted by atomic mass is 16.5. The molecule has 1 amide bonds. The zero-order valence-corrected chi connectivity index (χ0v) is 44.5. The molecular formula is C62H107NO5. The van der Waals surface area contributed by atoms with Gasteiger partial charge in [-0.2, -0.15) is 0 Å². The number of ether oxygens (including phenoxy) is 1. The van der Waals surface area contributed by atoms with E-state index in [9.17, 15) is 19.8 Å². The van der Waals surface area contributed by atoms with Gasteiger partial charge >= 0.3 is 5.97 Å². The van der Waals surface area contributed by atoms with E-state index in [1.165, 1.54) is 135 Å². The van der Waals surface area contributed by atoms with Crippen LogP contribution in [0.5, 0.6) is 0 Å². The average molecular weight is 947 g/mol. The normalized spacial score (nSPS) is 13.9. The average Bonchev–Trinajstić information content (AvgIpc) is 3.33. The van der Waals surface area contributed by atoms with Crippen molar-refractivity contribution in [2.24, 2.45) is 0 Å². The molecule has 3 unspecified atom stereocenters. The molecule has 0 radical (unpaired) electrons. The second-order valence-corrected chi connectivity index (χ2v) is 19.1. The molecular weight excluding hydrogens is 839 g/mol. The minimum Gasteiger partial charge on any atom is -0.462 e. The summed E-state index contributed by atoms with van der Waals surface area (Å²) in [5, 5.41) is 23.8. The highest BCUT2D eigenvalue weighted by molar-refractivity contribution is 5.77. The maximum Gasteiger partial charge on any atom is 0.306 e. The molecule has 0 aliphatic rings. The van der Waals surface area contributed by atoms with Crippen LogP contribution in [-0.4, -0.2) is 46.9 Å². The van der Waals surface area contributed by atoms with Gasteiger partial charge in [-0.05, 0) is 64.2 Å². The topological polar surface area (TPSA) is 95.9 Å². The number of allylic oxidation sites excluding steroid dienone is 16. The third kappa shape index (κ3) is 49.2. The zero-order chi connectivity index (χ0) is 49.5. The molecule has 0 bridgehead atoms. The van der Waals surface area contributed by atoms with Crippen molar-refractivity contribution in [3.05, 3.63) is 97.2 Å². The standard InChI is InChI=1S/C62H107NO5/c1-4-7-10-13-16-19-22-25-28-30-31-34-37-40-43-46-49-52-55-62(67)68-58(53-50-47-44-41-38-35-32-27-24-21-18-15-12-9-6-3)56-61(66)63-59(57-64)60(65)54-51-48-45-42-39-36-33-29-26-23-20-17-14-11-8-5-2/h9,12,15,18,21,24,27-28,30-32,34-35,38,41,44,58-60,64-65H,4-8,10-11,13-14,16-17,19-20,22-23,25-26,29,33,36-37,39-40,42-43,45-57H2,1-3H3,(H,63,66)/b12-9-,18-15+,24-21+,30-28+,32-27-,34-31+,38-35+,44-41+. The van der Waals surface area contributed by atoms with E-state index >= 15 is 0 Å². The molecule has 390 valence electrons. The van der Waals surface area contributed by atoms with Crippen molar-refractivity contribution in [1.82, 2.24) is 5.32 Å². The van der Waals surface area contributed by atoms with Gasteiger partial charge in [0.05, 0.1) is 25.2 Å². The maximum atomic E-state index is 13.3. The quantitative estimate of drug-likeness (QED) is 0.0321. The molecule has 0 fully saturated rings. The van der Waals surface area contributed by atoms with Crippen LogP contribution in [0, 0.1) is 0 Å². The Morgan fingerprint density at radius 1 is 0.441 bits per heavy atom. The van der Waals surface area contributed by atoms with Gasteiger partial charge in [-0.1, -0.05) is 279 Å². The fourth-order valence-electron chi connectivity index (χ4n) is 8.28. The van der Waals surface area contributed by atoms with Gasteiger partial charge in [0.25, 0.3) is 0 Å². The summed E-state index contributed by atoms with van der Waals surface area (Å²) in [7, 11) is 0. The fourth-order valence-corrected chi connectivity index (χ4v) is 8.28. The number of amides is 1. The van der Waals surface area contributed by atoms with Gasteiger partial charge in [0.1, 0.15) is 6.10 Å². The lowest BCUT2D eigenvalue weighted by atomic mass is 10.0. The summed E-state index contributed by atoms with van der Waals surface area (Å²) in [6.07, 6.45) is 73.3. The third-order valence-corrected chi connectivity index (χ3v) is 12.6. The molecule has 0 heterocycles. The molecule has 0 spiro atoms. The molecule has 6 nitrogen and oxygen atoms in total. The summed E-state index contributed by atoms with van der Waals surface area (Å²) in [6, 6.07) is -0.736. The number of aliphatic hydroxyl groups is 2. The number of hydrogen-bond donors (Lipinski definition) is 3. The highest BCUT2D eigenvalue weighted by Gasteiger charge is 2.24. The largest absolute Gasteiger partial charge is 0.462 e. The first-order valence-corrected chi connectivity index (χ1v) is 28.6. The van der Waals surface area contributed by atoms with E-state index in [1.54, 1.807) is 0 Å². The number of hydrogen-bond acceptors (Lipinski definition) is 5. The Kier molecular flexibility index (Phi) is 52.1. The Morgan fingerprint density at radius 2 is 0.809 bits per heavy atom. The summed E-state index contributed by atoms with van der Waals surface area (Å²) >= 11 is 0. The summed E-state index contributed by atoms with van der Waals surface area (Å²) in [4.78, 5) is 26.2. The predicted octanol–water partition coefficient (Wildman–Crippen LogP) is 17.7. The lowest BCUT2D eigenvalue weighted by molar-refractivity contribution is -0.151. The van der Waals surface area contributed by atoms with Gasteiger partial charge in [-0.15, -0.1) is 0 Å². The van der Waals surface area contributed by atoms with Crippen LogP contribution in [0.2, 0.25) is 0 Å². The van der Waals surface area contributed by atoms with Crippen LogP contribution in [-0.2, 0) is 14.3 Å². The minimum atomic E-state index is -0.817. The molecule has 68 heavy (non-hydrogen) atoms. The second kappa shape index (κ2) is 54.7. The van der Waals surface area contributed by atoms with Crippen LogP contribution >= 0.6 is 0 Å². The molecule has 0 saturated heterocycles. The number of carbonyl (C=O) groups excluding carboxylic acids is 2. The lowest BCUT2D eigenvalue weighted by Gasteiger charge is -2.24. The van der Waals surface area contributed by atoms with Gasteiger partial charge in [-0.3, -0.25) is 9.59 Å². The van der Waals surface area contributed by atoms with Crippen molar-refractivity contribution in [3.63, 3.8) is 0 Å². The van der Waals surface area contributed by atoms with Crippen molar-refractivity contribution < 1.29 is 24.5 Å². The molecule has 0 aliphatic heterocycles. The number of nitrogens with one attached hydrogen (secondary N) is 1. The van der Waals surface area contributed by atoms with Crippen molar-refractivity contribution in [2.45, 2.75) is 277 Å². The number of rotatable bonds is 50. The highest BCUT2D eigenvalue weighted by Crippen LogP contribution is 2.17. The Hall–Kier alpha value is -3.22. The van der Waals surface area contributed by atoms with Gasteiger partial charge in [0.15, 0.2) is 0 Å². The smallest absolute Gasteiger partial charge is 0.306 e. The molecule has 6 heteroatoms. The first-order chi connectivity index (χ1) is 33.5.